The molecule has 4 rings (SSSR count). The summed E-state index contributed by atoms with van der Waals surface area (Å²) in [5, 5.41) is 12.7. The van der Waals surface area contributed by atoms with Gasteiger partial charge in [0.15, 0.2) is 23.9 Å². The van der Waals surface area contributed by atoms with E-state index < -0.39 is 5.92 Å². The van der Waals surface area contributed by atoms with Gasteiger partial charge in [0, 0.05) is 24.1 Å². The maximum atomic E-state index is 13.2. The molecule has 36 heavy (non-hydrogen) atoms. The molecule has 0 bridgehead atoms. The number of nitrogens with zero attached hydrogens (tertiary/aromatic N) is 1. The number of benzene rings is 2. The quantitative estimate of drug-likeness (QED) is 0.616. The standard InChI is InChI=1S/C28H29N3O5/c1-16-7-5-6-8-19(16)31-24(33)15-35-21-10-9-17(11-22(21)34-4)25-18(14-29)27(30)36-23-13-28(2,3)12-20(32)26(23)25/h5-11,25H,12-13,15,30H2,1-4H3,(H,31,33). The summed E-state index contributed by atoms with van der Waals surface area (Å²) in [4.78, 5) is 25.6. The van der Waals surface area contributed by atoms with Crippen molar-refractivity contribution in [2.24, 2.45) is 11.1 Å². The third-order valence-corrected chi connectivity index (χ3v) is 6.37. The SMILES string of the molecule is COc1cc(C2C(C#N)=C(N)OC3=C2C(=O)CC(C)(C)C3)ccc1OCC(=O)Nc1ccccc1C. The Morgan fingerprint density at radius 2 is 1.97 bits per heavy atom. The van der Waals surface area contributed by atoms with Gasteiger partial charge in [-0.1, -0.05) is 38.1 Å². The average molecular weight is 488 g/mol. The number of Topliss-reactive ketones (excluding diaryl/α,β-unsaturated/α-hetero) is 1. The minimum atomic E-state index is -0.672. The topological polar surface area (TPSA) is 124 Å². The van der Waals surface area contributed by atoms with E-state index in [1.54, 1.807) is 18.2 Å². The highest BCUT2D eigenvalue weighted by Crippen LogP contribution is 2.48. The molecule has 0 radical (unpaired) electrons. The number of ether oxygens (including phenoxy) is 3. The van der Waals surface area contributed by atoms with Crippen molar-refractivity contribution >= 4 is 17.4 Å². The van der Waals surface area contributed by atoms with Crippen molar-refractivity contribution in [3.63, 3.8) is 0 Å². The number of rotatable bonds is 6. The van der Waals surface area contributed by atoms with Crippen LogP contribution in [0.5, 0.6) is 11.5 Å². The molecular weight excluding hydrogens is 458 g/mol. The number of ketones is 1. The molecule has 1 aliphatic carbocycles. The average Bonchev–Trinajstić information content (AvgIpc) is 2.82. The minimum Gasteiger partial charge on any atom is -0.493 e. The van der Waals surface area contributed by atoms with Gasteiger partial charge >= 0.3 is 0 Å². The van der Waals surface area contributed by atoms with Gasteiger partial charge < -0.3 is 25.3 Å². The molecule has 0 spiro atoms. The molecule has 1 amide bonds. The summed E-state index contributed by atoms with van der Waals surface area (Å²) in [6.07, 6.45) is 0.886. The van der Waals surface area contributed by atoms with Crippen molar-refractivity contribution in [2.45, 2.75) is 39.5 Å². The number of methoxy groups -OCH3 is 1. The molecule has 0 saturated carbocycles. The minimum absolute atomic E-state index is 0.00100. The summed E-state index contributed by atoms with van der Waals surface area (Å²) < 4.78 is 17.0. The Labute approximate surface area is 210 Å². The number of hydrogen-bond donors (Lipinski definition) is 2. The van der Waals surface area contributed by atoms with Crippen LogP contribution in [0.1, 0.15) is 43.7 Å². The molecule has 186 valence electrons. The maximum Gasteiger partial charge on any atom is 0.262 e. The molecule has 3 N–H and O–H groups in total. The first kappa shape index (κ1) is 24.9. The fourth-order valence-electron chi connectivity index (χ4n) is 4.64. The van der Waals surface area contributed by atoms with E-state index in [4.69, 9.17) is 19.9 Å². The zero-order valence-electron chi connectivity index (χ0n) is 20.8. The number of nitrogens with one attached hydrogen (secondary N) is 1. The zero-order valence-corrected chi connectivity index (χ0v) is 20.8. The summed E-state index contributed by atoms with van der Waals surface area (Å²) in [6.45, 7) is 5.68. The Morgan fingerprint density at radius 3 is 2.67 bits per heavy atom. The van der Waals surface area contributed by atoms with Gasteiger partial charge in [-0.2, -0.15) is 5.26 Å². The van der Waals surface area contributed by atoms with E-state index in [9.17, 15) is 14.9 Å². The molecular formula is C28H29N3O5. The predicted molar refractivity (Wildman–Crippen MR) is 134 cm³/mol. The maximum absolute atomic E-state index is 13.2. The van der Waals surface area contributed by atoms with Crippen LogP contribution in [0.2, 0.25) is 0 Å². The van der Waals surface area contributed by atoms with Gasteiger partial charge in [0.05, 0.1) is 13.0 Å². The lowest BCUT2D eigenvalue weighted by atomic mass is 9.70. The molecule has 2 aromatic rings. The summed E-state index contributed by atoms with van der Waals surface area (Å²) in [5.41, 5.74) is 8.77. The highest BCUT2D eigenvalue weighted by molar-refractivity contribution is 6.00. The number of allylic oxidation sites excluding steroid dienone is 3. The van der Waals surface area contributed by atoms with E-state index in [1.165, 1.54) is 7.11 Å². The highest BCUT2D eigenvalue weighted by Gasteiger charge is 2.43. The molecule has 2 aliphatic rings. The number of nitrogens with two attached hydrogens (primary N) is 1. The molecule has 8 nitrogen and oxygen atoms in total. The van der Waals surface area contributed by atoms with Gasteiger partial charge in [0.1, 0.15) is 17.4 Å². The van der Waals surface area contributed by atoms with Crippen molar-refractivity contribution in [2.75, 3.05) is 19.0 Å². The largest absolute Gasteiger partial charge is 0.493 e. The molecule has 1 atom stereocenters. The van der Waals surface area contributed by atoms with Crippen LogP contribution in [0.4, 0.5) is 5.69 Å². The van der Waals surface area contributed by atoms with Gasteiger partial charge in [-0.25, -0.2) is 0 Å². The van der Waals surface area contributed by atoms with E-state index in [1.807, 2.05) is 45.0 Å². The van der Waals surface area contributed by atoms with Crippen LogP contribution < -0.4 is 20.5 Å². The number of carbonyl (C=O) groups is 2. The van der Waals surface area contributed by atoms with Gasteiger partial charge in [-0.15, -0.1) is 0 Å². The molecule has 1 aliphatic heterocycles. The van der Waals surface area contributed by atoms with E-state index >= 15 is 0 Å². The normalized spacial score (nSPS) is 18.6. The van der Waals surface area contributed by atoms with Crippen LogP contribution >= 0.6 is 0 Å². The summed E-state index contributed by atoms with van der Waals surface area (Å²) >= 11 is 0. The predicted octanol–water partition coefficient (Wildman–Crippen LogP) is 4.47. The lowest BCUT2D eigenvalue weighted by molar-refractivity contribution is -0.119. The smallest absolute Gasteiger partial charge is 0.262 e. The van der Waals surface area contributed by atoms with Gasteiger partial charge in [-0.05, 0) is 41.7 Å². The Hall–Kier alpha value is -4.25. The Morgan fingerprint density at radius 1 is 1.22 bits per heavy atom. The molecule has 8 heteroatoms. The Bertz CT molecular complexity index is 1330. The third-order valence-electron chi connectivity index (χ3n) is 6.37. The van der Waals surface area contributed by atoms with E-state index in [0.717, 1.165) is 5.56 Å². The molecule has 1 unspecified atom stereocenters. The van der Waals surface area contributed by atoms with Crippen LogP contribution in [0.25, 0.3) is 0 Å². The van der Waals surface area contributed by atoms with Crippen molar-refractivity contribution in [3.8, 4) is 17.6 Å². The van der Waals surface area contributed by atoms with Gasteiger partial charge in [0.25, 0.3) is 5.91 Å². The highest BCUT2D eigenvalue weighted by atomic mass is 16.5. The first-order valence-corrected chi connectivity index (χ1v) is 11.6. The third kappa shape index (κ3) is 4.91. The van der Waals surface area contributed by atoms with Crippen LogP contribution in [-0.4, -0.2) is 25.4 Å². The van der Waals surface area contributed by atoms with Crippen molar-refractivity contribution in [3.05, 3.63) is 76.4 Å². The lowest BCUT2D eigenvalue weighted by Crippen LogP contribution is -2.33. The van der Waals surface area contributed by atoms with Crippen LogP contribution in [0.3, 0.4) is 0 Å². The summed E-state index contributed by atoms with van der Waals surface area (Å²) in [5.74, 6) is 0.169. The fourth-order valence-corrected chi connectivity index (χ4v) is 4.64. The van der Waals surface area contributed by atoms with Gasteiger partial charge in [0.2, 0.25) is 5.88 Å². The van der Waals surface area contributed by atoms with E-state index in [0.29, 0.717) is 46.9 Å². The number of aryl methyl sites for hydroxylation is 1. The number of carbonyl (C=O) groups excluding carboxylic acids is 2. The number of nitriles is 1. The number of anilines is 1. The lowest BCUT2D eigenvalue weighted by Gasteiger charge is -2.37. The number of amides is 1. The number of para-hydroxylation sites is 1. The zero-order chi connectivity index (χ0) is 26.0. The van der Waals surface area contributed by atoms with E-state index in [2.05, 4.69) is 11.4 Å². The second-order valence-electron chi connectivity index (χ2n) is 9.76. The Balaban J connectivity index is 1.60. The molecule has 2 aromatic carbocycles. The fraction of sp³-hybridized carbons (Fsp3) is 0.321. The first-order chi connectivity index (χ1) is 17.1. The second kappa shape index (κ2) is 9.78. The van der Waals surface area contributed by atoms with Crippen LogP contribution in [0.15, 0.2) is 65.3 Å². The summed E-state index contributed by atoms with van der Waals surface area (Å²) in [7, 11) is 1.48. The van der Waals surface area contributed by atoms with Crippen LogP contribution in [-0.2, 0) is 14.3 Å². The Kier molecular flexibility index (Phi) is 6.75. The van der Waals surface area contributed by atoms with Crippen molar-refractivity contribution < 1.29 is 23.8 Å². The second-order valence-corrected chi connectivity index (χ2v) is 9.76. The molecule has 0 saturated heterocycles. The van der Waals surface area contributed by atoms with E-state index in [-0.39, 0.29) is 35.2 Å². The van der Waals surface area contributed by atoms with Crippen molar-refractivity contribution in [1.29, 1.82) is 5.26 Å². The molecule has 0 fully saturated rings. The van der Waals surface area contributed by atoms with Crippen molar-refractivity contribution in [1.82, 2.24) is 0 Å². The first-order valence-electron chi connectivity index (χ1n) is 11.6. The monoisotopic (exact) mass is 487 g/mol. The summed E-state index contributed by atoms with van der Waals surface area (Å²) in [6, 6.07) is 14.7. The number of hydrogen-bond acceptors (Lipinski definition) is 7. The molecule has 1 heterocycles. The molecule has 0 aromatic heterocycles. The van der Waals surface area contributed by atoms with Gasteiger partial charge in [-0.3, -0.25) is 9.59 Å². The van der Waals surface area contributed by atoms with Crippen LogP contribution in [0, 0.1) is 23.7 Å².